The fourth-order valence-corrected chi connectivity index (χ4v) is 2.63. The first kappa shape index (κ1) is 13.0. The Kier molecular flexibility index (Phi) is 3.38. The topological polar surface area (TPSA) is 67.3 Å². The third-order valence-corrected chi connectivity index (χ3v) is 4.18. The molecule has 1 aliphatic heterocycles. The Balaban J connectivity index is 2.26. The largest absolute Gasteiger partial charge is 0.338 e. The third-order valence-electron chi connectivity index (χ3n) is 3.10. The minimum Gasteiger partial charge on any atom is -0.338 e. The molecule has 6 heteroatoms. The summed E-state index contributed by atoms with van der Waals surface area (Å²) in [5, 5.41) is 0. The maximum absolute atomic E-state index is 12.2. The van der Waals surface area contributed by atoms with E-state index in [1.54, 1.807) is 4.90 Å². The molecule has 0 saturated carbocycles. The number of pyridine rings is 1. The maximum atomic E-state index is 12.2. The van der Waals surface area contributed by atoms with E-state index in [4.69, 9.17) is 0 Å². The molecule has 98 valence electrons. The summed E-state index contributed by atoms with van der Waals surface area (Å²) in [6.45, 7) is 3.55. The highest BCUT2D eigenvalue weighted by Crippen LogP contribution is 2.18. The lowest BCUT2D eigenvalue weighted by molar-refractivity contribution is 0.0787. The summed E-state index contributed by atoms with van der Waals surface area (Å²) >= 11 is 0. The van der Waals surface area contributed by atoms with Gasteiger partial charge in [-0.1, -0.05) is 6.92 Å². The van der Waals surface area contributed by atoms with Crippen LogP contribution in [0.2, 0.25) is 0 Å². The number of rotatable bonds is 2. The quantitative estimate of drug-likeness (QED) is 0.801. The highest BCUT2D eigenvalue weighted by Gasteiger charge is 2.25. The number of amides is 1. The summed E-state index contributed by atoms with van der Waals surface area (Å²) in [5.74, 6) is 0.359. The van der Waals surface area contributed by atoms with Gasteiger partial charge in [0.05, 0.1) is 10.5 Å². The Morgan fingerprint density at radius 1 is 1.44 bits per heavy atom. The standard InChI is InChI=1S/C12H16N2O3S/c1-9-3-4-14(8-9)12(15)10-5-11(7-13-6-10)18(2,16)17/h5-7,9H,3-4,8H2,1-2H3. The van der Waals surface area contributed by atoms with Gasteiger partial charge < -0.3 is 4.90 Å². The third kappa shape index (κ3) is 2.69. The van der Waals surface area contributed by atoms with Gasteiger partial charge in [-0.05, 0) is 18.4 Å². The van der Waals surface area contributed by atoms with Crippen LogP contribution in [-0.2, 0) is 9.84 Å². The molecule has 18 heavy (non-hydrogen) atoms. The first-order chi connectivity index (χ1) is 8.38. The van der Waals surface area contributed by atoms with Crippen molar-refractivity contribution in [3.8, 4) is 0 Å². The Morgan fingerprint density at radius 3 is 2.72 bits per heavy atom. The molecule has 2 heterocycles. The van der Waals surface area contributed by atoms with Crippen molar-refractivity contribution in [1.29, 1.82) is 0 Å². The number of sulfone groups is 1. The molecule has 1 unspecified atom stereocenters. The van der Waals surface area contributed by atoms with E-state index in [2.05, 4.69) is 11.9 Å². The number of carbonyl (C=O) groups excluding carboxylic acids is 1. The Morgan fingerprint density at radius 2 is 2.17 bits per heavy atom. The number of hydrogen-bond donors (Lipinski definition) is 0. The molecule has 1 fully saturated rings. The SMILES string of the molecule is CC1CCN(C(=O)c2cncc(S(C)(=O)=O)c2)C1. The van der Waals surface area contributed by atoms with Crippen molar-refractivity contribution in [1.82, 2.24) is 9.88 Å². The van der Waals surface area contributed by atoms with E-state index >= 15 is 0 Å². The van der Waals surface area contributed by atoms with Crippen LogP contribution in [0.25, 0.3) is 0 Å². The van der Waals surface area contributed by atoms with E-state index in [1.807, 2.05) is 0 Å². The van der Waals surface area contributed by atoms with Gasteiger partial charge >= 0.3 is 0 Å². The van der Waals surface area contributed by atoms with Crippen molar-refractivity contribution in [3.63, 3.8) is 0 Å². The second-order valence-electron chi connectivity index (χ2n) is 4.83. The summed E-state index contributed by atoms with van der Waals surface area (Å²) in [4.78, 5) is 17.8. The molecular formula is C12H16N2O3S. The minimum atomic E-state index is -3.33. The molecule has 2 rings (SSSR count). The smallest absolute Gasteiger partial charge is 0.255 e. The van der Waals surface area contributed by atoms with Crippen LogP contribution in [0.4, 0.5) is 0 Å². The van der Waals surface area contributed by atoms with Gasteiger partial charge in [0, 0.05) is 31.7 Å². The highest BCUT2D eigenvalue weighted by atomic mass is 32.2. The Labute approximate surface area is 107 Å². The molecular weight excluding hydrogens is 252 g/mol. The minimum absolute atomic E-state index is 0.0839. The zero-order chi connectivity index (χ0) is 13.3. The molecule has 0 aliphatic carbocycles. The molecule has 0 spiro atoms. The molecule has 1 saturated heterocycles. The van der Waals surface area contributed by atoms with Crippen molar-refractivity contribution >= 4 is 15.7 Å². The summed E-state index contributed by atoms with van der Waals surface area (Å²) in [5.41, 5.74) is 0.340. The van der Waals surface area contributed by atoms with Crippen molar-refractivity contribution < 1.29 is 13.2 Å². The first-order valence-electron chi connectivity index (χ1n) is 5.82. The average molecular weight is 268 g/mol. The van der Waals surface area contributed by atoms with E-state index in [0.717, 1.165) is 25.8 Å². The molecule has 0 N–H and O–H groups in total. The van der Waals surface area contributed by atoms with Crippen LogP contribution >= 0.6 is 0 Å². The molecule has 1 atom stereocenters. The number of hydrogen-bond acceptors (Lipinski definition) is 4. The predicted octanol–water partition coefficient (Wildman–Crippen LogP) is 0.967. The van der Waals surface area contributed by atoms with Crippen molar-refractivity contribution in [2.24, 2.45) is 5.92 Å². The van der Waals surface area contributed by atoms with Crippen LogP contribution in [0.15, 0.2) is 23.4 Å². The van der Waals surface area contributed by atoms with Gasteiger partial charge in [-0.2, -0.15) is 0 Å². The molecule has 1 aromatic rings. The maximum Gasteiger partial charge on any atom is 0.255 e. The van der Waals surface area contributed by atoms with Gasteiger partial charge in [0.1, 0.15) is 0 Å². The molecule has 0 aromatic carbocycles. The molecule has 1 aliphatic rings. The van der Waals surface area contributed by atoms with Crippen molar-refractivity contribution in [2.75, 3.05) is 19.3 Å². The van der Waals surface area contributed by atoms with E-state index < -0.39 is 9.84 Å². The van der Waals surface area contributed by atoms with Crippen LogP contribution in [0.1, 0.15) is 23.7 Å². The van der Waals surface area contributed by atoms with Crippen LogP contribution in [0.5, 0.6) is 0 Å². The van der Waals surface area contributed by atoms with Gasteiger partial charge in [-0.3, -0.25) is 9.78 Å². The number of nitrogens with zero attached hydrogens (tertiary/aromatic N) is 2. The molecule has 0 bridgehead atoms. The lowest BCUT2D eigenvalue weighted by atomic mass is 10.2. The van der Waals surface area contributed by atoms with E-state index in [-0.39, 0.29) is 10.8 Å². The van der Waals surface area contributed by atoms with E-state index in [9.17, 15) is 13.2 Å². The lowest BCUT2D eigenvalue weighted by Crippen LogP contribution is -2.28. The number of carbonyl (C=O) groups is 1. The normalized spacial score (nSPS) is 20.1. The summed E-state index contributed by atoms with van der Waals surface area (Å²) in [7, 11) is -3.33. The number of aromatic nitrogens is 1. The molecule has 5 nitrogen and oxygen atoms in total. The molecule has 1 aromatic heterocycles. The van der Waals surface area contributed by atoms with Crippen LogP contribution in [0.3, 0.4) is 0 Å². The Hall–Kier alpha value is -1.43. The van der Waals surface area contributed by atoms with Gasteiger partial charge in [0.25, 0.3) is 5.91 Å². The van der Waals surface area contributed by atoms with Gasteiger partial charge in [-0.15, -0.1) is 0 Å². The predicted molar refractivity (Wildman–Crippen MR) is 67.0 cm³/mol. The van der Waals surface area contributed by atoms with Crippen LogP contribution < -0.4 is 0 Å². The highest BCUT2D eigenvalue weighted by molar-refractivity contribution is 7.90. The number of likely N-dealkylation sites (tertiary alicyclic amines) is 1. The van der Waals surface area contributed by atoms with Gasteiger partial charge in [0.2, 0.25) is 0 Å². The van der Waals surface area contributed by atoms with E-state index in [0.29, 0.717) is 11.5 Å². The molecule has 0 radical (unpaired) electrons. The summed E-state index contributed by atoms with van der Waals surface area (Å²) < 4.78 is 22.8. The summed E-state index contributed by atoms with van der Waals surface area (Å²) in [6.07, 6.45) is 4.78. The Bertz CT molecular complexity index is 568. The van der Waals surface area contributed by atoms with E-state index in [1.165, 1.54) is 18.5 Å². The fourth-order valence-electron chi connectivity index (χ4n) is 2.04. The first-order valence-corrected chi connectivity index (χ1v) is 7.71. The second kappa shape index (κ2) is 4.68. The fraction of sp³-hybridized carbons (Fsp3) is 0.500. The molecule has 1 amide bonds. The van der Waals surface area contributed by atoms with Crippen LogP contribution in [-0.4, -0.2) is 43.6 Å². The van der Waals surface area contributed by atoms with Gasteiger partial charge in [0.15, 0.2) is 9.84 Å². The lowest BCUT2D eigenvalue weighted by Gasteiger charge is -2.15. The zero-order valence-corrected chi connectivity index (χ0v) is 11.3. The van der Waals surface area contributed by atoms with Gasteiger partial charge in [-0.25, -0.2) is 8.42 Å². The second-order valence-corrected chi connectivity index (χ2v) is 6.84. The monoisotopic (exact) mass is 268 g/mol. The zero-order valence-electron chi connectivity index (χ0n) is 10.5. The average Bonchev–Trinajstić information content (AvgIpc) is 2.74. The van der Waals surface area contributed by atoms with Crippen molar-refractivity contribution in [2.45, 2.75) is 18.2 Å². The van der Waals surface area contributed by atoms with Crippen molar-refractivity contribution in [3.05, 3.63) is 24.0 Å². The summed E-state index contributed by atoms with van der Waals surface area (Å²) in [6, 6.07) is 1.40. The van der Waals surface area contributed by atoms with Crippen LogP contribution in [0, 0.1) is 5.92 Å².